The van der Waals surface area contributed by atoms with E-state index in [4.69, 9.17) is 0 Å². The molecule has 1 heterocycles. The van der Waals surface area contributed by atoms with E-state index in [1.165, 1.54) is 17.7 Å². The largest absolute Gasteiger partial charge is 0.366 e. The van der Waals surface area contributed by atoms with Crippen LogP contribution in [-0.4, -0.2) is 9.97 Å². The summed E-state index contributed by atoms with van der Waals surface area (Å²) in [4.78, 5) is 8.91. The molecule has 2 aromatic carbocycles. The number of hydrogen-bond acceptors (Lipinski definition) is 4. The van der Waals surface area contributed by atoms with Gasteiger partial charge in [-0.25, -0.2) is 14.4 Å². The summed E-state index contributed by atoms with van der Waals surface area (Å²) in [5.74, 6) is 2.33. The Labute approximate surface area is 153 Å². The van der Waals surface area contributed by atoms with Crippen LogP contribution in [0.2, 0.25) is 0 Å². The topological polar surface area (TPSA) is 49.8 Å². The first kappa shape index (κ1) is 17.9. The average Bonchev–Trinajstić information content (AvgIpc) is 2.61. The highest BCUT2D eigenvalue weighted by Gasteiger charge is 2.08. The van der Waals surface area contributed by atoms with E-state index in [1.54, 1.807) is 12.1 Å². The summed E-state index contributed by atoms with van der Waals surface area (Å²) >= 11 is 0. The van der Waals surface area contributed by atoms with Gasteiger partial charge in [-0.3, -0.25) is 0 Å². The fourth-order valence-electron chi connectivity index (χ4n) is 2.77. The minimum absolute atomic E-state index is 0.234. The van der Waals surface area contributed by atoms with Crippen LogP contribution in [0.3, 0.4) is 0 Å². The van der Waals surface area contributed by atoms with Gasteiger partial charge < -0.3 is 10.6 Å². The normalized spacial score (nSPS) is 10.8. The van der Waals surface area contributed by atoms with Crippen LogP contribution in [0.25, 0.3) is 0 Å². The summed E-state index contributed by atoms with van der Waals surface area (Å²) in [6.07, 6.45) is 0. The number of rotatable bonds is 6. The van der Waals surface area contributed by atoms with Gasteiger partial charge in [-0.1, -0.05) is 44.2 Å². The highest BCUT2D eigenvalue weighted by atomic mass is 19.1. The average molecular weight is 350 g/mol. The standard InChI is InChI=1S/C21H23FN4/c1-14(2)18-6-4-5-7-19(18)26-21-12-20(24-15(3)25-21)23-13-16-8-10-17(22)11-9-16/h4-12,14H,13H2,1-3H3,(H2,23,24,25,26). The van der Waals surface area contributed by atoms with Gasteiger partial charge in [0.05, 0.1) is 0 Å². The molecule has 0 aliphatic heterocycles. The maximum Gasteiger partial charge on any atom is 0.136 e. The number of nitrogens with zero attached hydrogens (tertiary/aromatic N) is 2. The second kappa shape index (κ2) is 7.95. The van der Waals surface area contributed by atoms with Crippen LogP contribution in [0.1, 0.15) is 36.7 Å². The van der Waals surface area contributed by atoms with E-state index in [0.29, 0.717) is 18.3 Å². The van der Waals surface area contributed by atoms with Crippen molar-refractivity contribution in [2.75, 3.05) is 10.6 Å². The lowest BCUT2D eigenvalue weighted by Gasteiger charge is -2.15. The smallest absolute Gasteiger partial charge is 0.136 e. The molecule has 3 aromatic rings. The van der Waals surface area contributed by atoms with Crippen molar-refractivity contribution in [1.29, 1.82) is 0 Å². The molecular formula is C21H23FN4. The molecule has 0 spiro atoms. The SMILES string of the molecule is Cc1nc(NCc2ccc(F)cc2)cc(Nc2ccccc2C(C)C)n1. The number of hydrogen-bond donors (Lipinski definition) is 2. The first-order chi connectivity index (χ1) is 12.5. The number of para-hydroxylation sites is 1. The second-order valence-corrected chi connectivity index (χ2v) is 6.53. The molecule has 4 nitrogen and oxygen atoms in total. The van der Waals surface area contributed by atoms with Crippen LogP contribution in [0.5, 0.6) is 0 Å². The maximum absolute atomic E-state index is 13.0. The number of nitrogens with one attached hydrogen (secondary N) is 2. The van der Waals surface area contributed by atoms with Crippen molar-refractivity contribution in [2.24, 2.45) is 0 Å². The van der Waals surface area contributed by atoms with Gasteiger partial charge in [0.1, 0.15) is 23.3 Å². The van der Waals surface area contributed by atoms with E-state index in [2.05, 4.69) is 46.6 Å². The summed E-state index contributed by atoms with van der Waals surface area (Å²) in [5.41, 5.74) is 3.27. The lowest BCUT2D eigenvalue weighted by molar-refractivity contribution is 0.627. The molecule has 2 N–H and O–H groups in total. The van der Waals surface area contributed by atoms with Gasteiger partial charge >= 0.3 is 0 Å². The van der Waals surface area contributed by atoms with Gasteiger partial charge in [-0.05, 0) is 42.2 Å². The monoisotopic (exact) mass is 350 g/mol. The number of halogens is 1. The quantitative estimate of drug-likeness (QED) is 0.625. The van der Waals surface area contributed by atoms with Crippen LogP contribution >= 0.6 is 0 Å². The molecule has 5 heteroatoms. The van der Waals surface area contributed by atoms with Crippen molar-refractivity contribution in [3.63, 3.8) is 0 Å². The summed E-state index contributed by atoms with van der Waals surface area (Å²) in [5, 5.41) is 6.67. The maximum atomic E-state index is 13.0. The molecule has 0 fully saturated rings. The Hall–Kier alpha value is -2.95. The molecule has 0 saturated carbocycles. The Bertz CT molecular complexity index is 875. The van der Waals surface area contributed by atoms with E-state index in [9.17, 15) is 4.39 Å². The number of anilines is 3. The predicted molar refractivity (Wildman–Crippen MR) is 104 cm³/mol. The van der Waals surface area contributed by atoms with Gasteiger partial charge in [-0.2, -0.15) is 0 Å². The third-order valence-electron chi connectivity index (χ3n) is 4.07. The fourth-order valence-corrected chi connectivity index (χ4v) is 2.77. The summed E-state index contributed by atoms with van der Waals surface area (Å²) in [6, 6.07) is 16.5. The highest BCUT2D eigenvalue weighted by molar-refractivity contribution is 5.63. The van der Waals surface area contributed by atoms with E-state index >= 15 is 0 Å². The first-order valence-electron chi connectivity index (χ1n) is 8.71. The molecule has 0 aliphatic rings. The van der Waals surface area contributed by atoms with Crippen LogP contribution in [0.4, 0.5) is 21.7 Å². The van der Waals surface area contributed by atoms with Crippen molar-refractivity contribution in [3.8, 4) is 0 Å². The van der Waals surface area contributed by atoms with Crippen molar-refractivity contribution < 1.29 is 4.39 Å². The Morgan fingerprint density at radius 2 is 1.65 bits per heavy atom. The zero-order valence-corrected chi connectivity index (χ0v) is 15.3. The number of benzene rings is 2. The lowest BCUT2D eigenvalue weighted by atomic mass is 10.0. The summed E-state index contributed by atoms with van der Waals surface area (Å²) in [7, 11) is 0. The van der Waals surface area contributed by atoms with E-state index in [1.807, 2.05) is 25.1 Å². The molecule has 1 aromatic heterocycles. The number of aryl methyl sites for hydroxylation is 1. The van der Waals surface area contributed by atoms with Crippen molar-refractivity contribution in [1.82, 2.24) is 9.97 Å². The molecule has 0 radical (unpaired) electrons. The molecule has 3 rings (SSSR count). The van der Waals surface area contributed by atoms with E-state index in [-0.39, 0.29) is 5.82 Å². The third-order valence-corrected chi connectivity index (χ3v) is 4.07. The van der Waals surface area contributed by atoms with Crippen LogP contribution in [0, 0.1) is 12.7 Å². The Morgan fingerprint density at radius 3 is 2.38 bits per heavy atom. The molecule has 0 unspecified atom stereocenters. The van der Waals surface area contributed by atoms with Gasteiger partial charge in [0.2, 0.25) is 0 Å². The minimum Gasteiger partial charge on any atom is -0.366 e. The summed E-state index contributed by atoms with van der Waals surface area (Å²) in [6.45, 7) is 6.77. The van der Waals surface area contributed by atoms with Gasteiger partial charge in [0.15, 0.2) is 0 Å². The van der Waals surface area contributed by atoms with Crippen LogP contribution in [0.15, 0.2) is 54.6 Å². The molecule has 134 valence electrons. The van der Waals surface area contributed by atoms with Crippen molar-refractivity contribution >= 4 is 17.3 Å². The van der Waals surface area contributed by atoms with Gasteiger partial charge in [-0.15, -0.1) is 0 Å². The third kappa shape index (κ3) is 4.57. The zero-order valence-electron chi connectivity index (χ0n) is 15.3. The second-order valence-electron chi connectivity index (χ2n) is 6.53. The molecule has 0 aliphatic carbocycles. The van der Waals surface area contributed by atoms with Crippen molar-refractivity contribution in [3.05, 3.63) is 77.4 Å². The molecule has 0 bridgehead atoms. The van der Waals surface area contributed by atoms with E-state index in [0.717, 1.165) is 22.9 Å². The predicted octanol–water partition coefficient (Wildman–Crippen LogP) is 5.40. The lowest BCUT2D eigenvalue weighted by Crippen LogP contribution is -2.06. The van der Waals surface area contributed by atoms with Gasteiger partial charge in [0, 0.05) is 18.3 Å². The summed E-state index contributed by atoms with van der Waals surface area (Å²) < 4.78 is 13.0. The Balaban J connectivity index is 1.76. The van der Waals surface area contributed by atoms with Crippen LogP contribution in [-0.2, 0) is 6.54 Å². The minimum atomic E-state index is -0.234. The zero-order chi connectivity index (χ0) is 18.5. The van der Waals surface area contributed by atoms with E-state index < -0.39 is 0 Å². The fraction of sp³-hybridized carbons (Fsp3) is 0.238. The molecule has 0 saturated heterocycles. The molecule has 26 heavy (non-hydrogen) atoms. The molecular weight excluding hydrogens is 327 g/mol. The molecule has 0 atom stereocenters. The molecule has 0 amide bonds. The Morgan fingerprint density at radius 1 is 0.962 bits per heavy atom. The Kier molecular flexibility index (Phi) is 5.46. The number of aromatic nitrogens is 2. The first-order valence-corrected chi connectivity index (χ1v) is 8.71. The highest BCUT2D eigenvalue weighted by Crippen LogP contribution is 2.27. The van der Waals surface area contributed by atoms with Crippen molar-refractivity contribution in [2.45, 2.75) is 33.2 Å². The van der Waals surface area contributed by atoms with Crippen LogP contribution < -0.4 is 10.6 Å². The van der Waals surface area contributed by atoms with Gasteiger partial charge in [0.25, 0.3) is 0 Å².